The van der Waals surface area contributed by atoms with Gasteiger partial charge in [0.15, 0.2) is 0 Å². The topological polar surface area (TPSA) is 122 Å². The second kappa shape index (κ2) is 10.4. The van der Waals surface area contributed by atoms with E-state index in [1.807, 2.05) is 25.7 Å². The highest BCUT2D eigenvalue weighted by Crippen LogP contribution is 2.15. The number of piperazine rings is 1. The maximum absolute atomic E-state index is 11.9. The molecule has 0 aromatic carbocycles. The maximum Gasteiger partial charge on any atom is 0.410 e. The number of hydrogen-bond donors (Lipinski definition) is 2. The predicted octanol–water partition coefficient (Wildman–Crippen LogP) is 2.24. The van der Waals surface area contributed by atoms with Gasteiger partial charge in [0, 0.05) is 32.4 Å². The van der Waals surface area contributed by atoms with Crippen molar-refractivity contribution in [2.24, 2.45) is 11.7 Å². The van der Waals surface area contributed by atoms with E-state index >= 15 is 0 Å². The van der Waals surface area contributed by atoms with Crippen LogP contribution < -0.4 is 10.6 Å². The Morgan fingerprint density at radius 3 is 2.21 bits per heavy atom. The van der Waals surface area contributed by atoms with E-state index in [9.17, 15) is 9.59 Å². The van der Waals surface area contributed by atoms with Crippen molar-refractivity contribution < 1.29 is 19.4 Å². The fraction of sp³-hybridized carbons (Fsp3) is 0.667. The minimum absolute atomic E-state index is 0.0208. The first-order chi connectivity index (χ1) is 12.9. The van der Waals surface area contributed by atoms with E-state index < -0.39 is 17.6 Å². The lowest BCUT2D eigenvalue weighted by Gasteiger charge is -2.35. The van der Waals surface area contributed by atoms with Crippen LogP contribution in [-0.2, 0) is 9.53 Å². The lowest BCUT2D eigenvalue weighted by atomic mass is 10.1. The van der Waals surface area contributed by atoms with Gasteiger partial charge in [0.05, 0.1) is 0 Å². The molecule has 1 amide bonds. The van der Waals surface area contributed by atoms with Crippen molar-refractivity contribution in [3.8, 4) is 0 Å². The summed E-state index contributed by atoms with van der Waals surface area (Å²) >= 11 is 5.85. The Bertz CT molecular complexity index is 658. The second-order valence-corrected chi connectivity index (χ2v) is 8.13. The van der Waals surface area contributed by atoms with Crippen LogP contribution in [0.15, 0.2) is 12.3 Å². The number of halogens is 1. The molecule has 0 spiro atoms. The fourth-order valence-electron chi connectivity index (χ4n) is 2.18. The quantitative estimate of drug-likeness (QED) is 0.720. The van der Waals surface area contributed by atoms with Crippen molar-refractivity contribution in [3.63, 3.8) is 0 Å². The standard InChI is InChI=1S/C13H19ClN4O2.C5H11NO2/c1-13(2,3)20-12(19)18-8-6-17(7-9-18)11-15-5-4-10(14)16-11;1-3(2)4(6)5(7)8/h4-5H,6-9H2,1-3H3;3-4H,6H2,1-2H3,(H,7,8)/t;4-/m.0/s1. The normalized spacial score (nSPS) is 15.6. The maximum atomic E-state index is 11.9. The summed E-state index contributed by atoms with van der Waals surface area (Å²) in [5.41, 5.74) is 4.69. The molecule has 28 heavy (non-hydrogen) atoms. The minimum atomic E-state index is -0.931. The number of carboxylic acid groups (broad SMARTS) is 1. The molecule has 0 saturated carbocycles. The summed E-state index contributed by atoms with van der Waals surface area (Å²) in [6, 6.07) is 0.928. The summed E-state index contributed by atoms with van der Waals surface area (Å²) in [5, 5.41) is 8.65. The van der Waals surface area contributed by atoms with Gasteiger partial charge in [-0.25, -0.2) is 14.8 Å². The van der Waals surface area contributed by atoms with Crippen LogP contribution in [0, 0.1) is 5.92 Å². The van der Waals surface area contributed by atoms with Crippen LogP contribution in [0.5, 0.6) is 0 Å². The lowest BCUT2D eigenvalue weighted by molar-refractivity contribution is -0.139. The van der Waals surface area contributed by atoms with Crippen molar-refractivity contribution in [2.45, 2.75) is 46.3 Å². The van der Waals surface area contributed by atoms with Crippen molar-refractivity contribution >= 4 is 29.6 Å². The summed E-state index contributed by atoms with van der Waals surface area (Å²) in [6.45, 7) is 11.6. The lowest BCUT2D eigenvalue weighted by Crippen LogP contribution is -2.50. The number of nitrogens with two attached hydrogens (primary N) is 1. The summed E-state index contributed by atoms with van der Waals surface area (Å²) < 4.78 is 5.35. The highest BCUT2D eigenvalue weighted by Gasteiger charge is 2.26. The molecule has 0 unspecified atom stereocenters. The Kier molecular flexibility index (Phi) is 8.90. The molecule has 9 nitrogen and oxygen atoms in total. The van der Waals surface area contributed by atoms with Crippen molar-refractivity contribution in [1.29, 1.82) is 0 Å². The molecule has 158 valence electrons. The molecule has 2 heterocycles. The molecule has 1 saturated heterocycles. The summed E-state index contributed by atoms with van der Waals surface area (Å²) in [6.07, 6.45) is 1.36. The third kappa shape index (κ3) is 8.26. The van der Waals surface area contributed by atoms with Gasteiger partial charge in [-0.15, -0.1) is 0 Å². The molecule has 10 heteroatoms. The molecule has 0 radical (unpaired) electrons. The summed E-state index contributed by atoms with van der Waals surface area (Å²) in [5.74, 6) is -0.311. The molecule has 1 fully saturated rings. The SMILES string of the molecule is CC(C)(C)OC(=O)N1CCN(c2nccc(Cl)n2)CC1.CC(C)[C@H](N)C(=O)O. The number of anilines is 1. The number of rotatable bonds is 3. The molecule has 0 bridgehead atoms. The Balaban J connectivity index is 0.000000416. The van der Waals surface area contributed by atoms with E-state index in [-0.39, 0.29) is 12.0 Å². The van der Waals surface area contributed by atoms with Gasteiger partial charge < -0.3 is 25.4 Å². The van der Waals surface area contributed by atoms with Crippen LogP contribution in [0.2, 0.25) is 5.15 Å². The molecule has 1 aliphatic rings. The molecule has 1 aliphatic heterocycles. The van der Waals surface area contributed by atoms with Crippen LogP contribution >= 0.6 is 11.6 Å². The number of carboxylic acids is 1. The van der Waals surface area contributed by atoms with Crippen LogP contribution in [0.4, 0.5) is 10.7 Å². The van der Waals surface area contributed by atoms with Crippen LogP contribution in [0.1, 0.15) is 34.6 Å². The van der Waals surface area contributed by atoms with Gasteiger partial charge in [-0.2, -0.15) is 0 Å². The number of nitrogens with zero attached hydrogens (tertiary/aromatic N) is 4. The minimum Gasteiger partial charge on any atom is -0.480 e. The van der Waals surface area contributed by atoms with Crippen molar-refractivity contribution in [1.82, 2.24) is 14.9 Å². The first kappa shape index (κ1) is 23.9. The van der Waals surface area contributed by atoms with Crippen molar-refractivity contribution in [2.75, 3.05) is 31.1 Å². The van der Waals surface area contributed by atoms with Gasteiger partial charge in [-0.05, 0) is 32.8 Å². The zero-order valence-electron chi connectivity index (χ0n) is 17.1. The third-order valence-electron chi connectivity index (χ3n) is 3.83. The van der Waals surface area contributed by atoms with E-state index in [2.05, 4.69) is 9.97 Å². The average Bonchev–Trinajstić information content (AvgIpc) is 2.60. The van der Waals surface area contributed by atoms with Crippen LogP contribution in [-0.4, -0.2) is 69.9 Å². The molecule has 1 aromatic heterocycles. The summed E-state index contributed by atoms with van der Waals surface area (Å²) in [4.78, 5) is 34.0. The van der Waals surface area contributed by atoms with Gasteiger partial charge in [-0.3, -0.25) is 4.79 Å². The van der Waals surface area contributed by atoms with Gasteiger partial charge in [0.25, 0.3) is 0 Å². The fourth-order valence-corrected chi connectivity index (χ4v) is 2.31. The van der Waals surface area contributed by atoms with Crippen LogP contribution in [0.3, 0.4) is 0 Å². The van der Waals surface area contributed by atoms with Gasteiger partial charge in [-0.1, -0.05) is 25.4 Å². The monoisotopic (exact) mass is 415 g/mol. The predicted molar refractivity (Wildman–Crippen MR) is 108 cm³/mol. The van der Waals surface area contributed by atoms with Gasteiger partial charge >= 0.3 is 12.1 Å². The first-order valence-electron chi connectivity index (χ1n) is 9.10. The zero-order valence-corrected chi connectivity index (χ0v) is 17.8. The van der Waals surface area contributed by atoms with E-state index in [1.54, 1.807) is 31.0 Å². The number of amides is 1. The Labute approximate surface area is 170 Å². The average molecular weight is 416 g/mol. The Morgan fingerprint density at radius 1 is 1.25 bits per heavy atom. The number of ether oxygens (including phenoxy) is 1. The zero-order chi connectivity index (χ0) is 21.5. The van der Waals surface area contributed by atoms with Crippen molar-refractivity contribution in [3.05, 3.63) is 17.4 Å². The third-order valence-corrected chi connectivity index (χ3v) is 4.04. The molecule has 3 N–H and O–H groups in total. The van der Waals surface area contributed by atoms with Gasteiger partial charge in [0.2, 0.25) is 5.95 Å². The molecule has 1 aromatic rings. The number of carbonyl (C=O) groups is 2. The summed E-state index contributed by atoms with van der Waals surface area (Å²) in [7, 11) is 0. The number of aromatic nitrogens is 2. The Hall–Kier alpha value is -2.13. The van der Waals surface area contributed by atoms with E-state index in [1.165, 1.54) is 0 Å². The van der Waals surface area contributed by atoms with E-state index in [0.717, 1.165) is 0 Å². The second-order valence-electron chi connectivity index (χ2n) is 7.74. The molecule has 1 atom stereocenters. The number of aliphatic carboxylic acids is 1. The Morgan fingerprint density at radius 2 is 1.82 bits per heavy atom. The molecule has 2 rings (SSSR count). The largest absolute Gasteiger partial charge is 0.480 e. The first-order valence-corrected chi connectivity index (χ1v) is 9.48. The highest BCUT2D eigenvalue weighted by atomic mass is 35.5. The van der Waals surface area contributed by atoms with E-state index in [0.29, 0.717) is 37.3 Å². The van der Waals surface area contributed by atoms with E-state index in [4.69, 9.17) is 27.2 Å². The molecular formula is C18H30ClN5O4. The van der Waals surface area contributed by atoms with Crippen LogP contribution in [0.25, 0.3) is 0 Å². The molecule has 0 aliphatic carbocycles. The number of carbonyl (C=O) groups excluding carboxylic acids is 1. The molecular weight excluding hydrogens is 386 g/mol. The smallest absolute Gasteiger partial charge is 0.410 e. The number of hydrogen-bond acceptors (Lipinski definition) is 7. The highest BCUT2D eigenvalue weighted by molar-refractivity contribution is 6.29. The van der Waals surface area contributed by atoms with Gasteiger partial charge in [0.1, 0.15) is 16.8 Å².